The first-order valence-corrected chi connectivity index (χ1v) is 14.7. The molecule has 0 aliphatic carbocycles. The number of nitrogens with zero attached hydrogens (tertiary/aromatic N) is 2. The molecule has 0 aliphatic rings. The van der Waals surface area contributed by atoms with Gasteiger partial charge in [0.1, 0.15) is 23.0 Å². The van der Waals surface area contributed by atoms with Gasteiger partial charge in [0.2, 0.25) is 0 Å². The molecule has 6 aromatic rings. The average molecular weight is 607 g/mol. The van der Waals surface area contributed by atoms with Gasteiger partial charge in [-0.1, -0.05) is 24.3 Å². The van der Waals surface area contributed by atoms with E-state index in [1.54, 1.807) is 108 Å². The van der Waals surface area contributed by atoms with E-state index in [9.17, 15) is 19.8 Å². The quantitative estimate of drug-likeness (QED) is 0.140. The molecule has 6 rings (SSSR count). The number of anilines is 2. The first-order chi connectivity index (χ1) is 20.9. The summed E-state index contributed by atoms with van der Waals surface area (Å²) in [5.41, 5.74) is 3.18. The van der Waals surface area contributed by atoms with Crippen LogP contribution in [0, 0.1) is 0 Å². The van der Waals surface area contributed by atoms with Gasteiger partial charge in [0, 0.05) is 33.0 Å². The fourth-order valence-electron chi connectivity index (χ4n) is 4.11. The van der Waals surface area contributed by atoms with Crippen LogP contribution in [0.4, 0.5) is 10.3 Å². The third-order valence-corrected chi connectivity index (χ3v) is 7.79. The van der Waals surface area contributed by atoms with Crippen molar-refractivity contribution in [1.82, 2.24) is 9.97 Å². The molecular formula is C32H22N4O5S2. The first kappa shape index (κ1) is 27.6. The molecule has 0 bridgehead atoms. The molecule has 2 amide bonds. The maximum absolute atomic E-state index is 12.7. The summed E-state index contributed by atoms with van der Waals surface area (Å²) in [6, 6.07) is 27.0. The summed E-state index contributed by atoms with van der Waals surface area (Å²) in [5, 5.41) is 30.0. The maximum atomic E-state index is 12.7. The van der Waals surface area contributed by atoms with Crippen molar-refractivity contribution in [3.63, 3.8) is 0 Å². The summed E-state index contributed by atoms with van der Waals surface area (Å²) >= 11 is 2.53. The minimum atomic E-state index is -0.326. The minimum Gasteiger partial charge on any atom is -0.507 e. The Morgan fingerprint density at radius 3 is 1.37 bits per heavy atom. The van der Waals surface area contributed by atoms with Gasteiger partial charge in [0.15, 0.2) is 10.3 Å². The molecule has 0 saturated heterocycles. The zero-order valence-electron chi connectivity index (χ0n) is 22.2. The van der Waals surface area contributed by atoms with Crippen molar-refractivity contribution < 1.29 is 24.5 Å². The van der Waals surface area contributed by atoms with Crippen LogP contribution in [0.15, 0.2) is 108 Å². The van der Waals surface area contributed by atoms with Crippen molar-refractivity contribution in [2.24, 2.45) is 0 Å². The number of phenols is 2. The fourth-order valence-corrected chi connectivity index (χ4v) is 5.52. The number of nitrogens with one attached hydrogen (secondary N) is 2. The molecule has 212 valence electrons. The lowest BCUT2D eigenvalue weighted by Gasteiger charge is -2.08. The number of aromatic nitrogens is 2. The predicted octanol–water partition coefficient (Wildman–Crippen LogP) is 7.64. The molecule has 2 aromatic heterocycles. The maximum Gasteiger partial charge on any atom is 0.257 e. The topological polar surface area (TPSA) is 134 Å². The molecule has 0 unspecified atom stereocenters. The van der Waals surface area contributed by atoms with Crippen molar-refractivity contribution in [3.8, 4) is 45.5 Å². The Hall–Kier alpha value is -5.52. The largest absolute Gasteiger partial charge is 0.507 e. The monoisotopic (exact) mass is 606 g/mol. The molecule has 0 radical (unpaired) electrons. The SMILES string of the molecule is O=C(Nc1nc(-c2ccccc2O)cs1)c1ccc(Oc2ccc(C(=O)Nc3nc(-c4ccccc4O)cs3)cc2)cc1. The van der Waals surface area contributed by atoms with E-state index in [1.807, 2.05) is 0 Å². The first-order valence-electron chi connectivity index (χ1n) is 12.9. The number of carbonyl (C=O) groups excluding carboxylic acids is 2. The van der Waals surface area contributed by atoms with E-state index < -0.39 is 0 Å². The Morgan fingerprint density at radius 2 is 0.977 bits per heavy atom. The van der Waals surface area contributed by atoms with E-state index in [2.05, 4.69) is 20.6 Å². The minimum absolute atomic E-state index is 0.120. The summed E-state index contributed by atoms with van der Waals surface area (Å²) in [6.07, 6.45) is 0. The Balaban J connectivity index is 1.04. The number of ether oxygens (including phenoxy) is 1. The van der Waals surface area contributed by atoms with Crippen molar-refractivity contribution in [2.75, 3.05) is 10.6 Å². The Morgan fingerprint density at radius 1 is 0.581 bits per heavy atom. The molecule has 2 heterocycles. The van der Waals surface area contributed by atoms with Crippen LogP contribution in [-0.2, 0) is 0 Å². The fraction of sp³-hybridized carbons (Fsp3) is 0. The van der Waals surface area contributed by atoms with E-state index >= 15 is 0 Å². The summed E-state index contributed by atoms with van der Waals surface area (Å²) in [5.74, 6) is 0.625. The summed E-state index contributed by atoms with van der Waals surface area (Å²) in [6.45, 7) is 0. The number of aromatic hydroxyl groups is 2. The van der Waals surface area contributed by atoms with Crippen LogP contribution < -0.4 is 15.4 Å². The number of thiazole rings is 2. The van der Waals surface area contributed by atoms with E-state index in [4.69, 9.17) is 4.74 Å². The summed E-state index contributed by atoms with van der Waals surface area (Å²) in [7, 11) is 0. The molecular weight excluding hydrogens is 585 g/mol. The van der Waals surface area contributed by atoms with Crippen LogP contribution in [0.25, 0.3) is 22.5 Å². The second-order valence-electron chi connectivity index (χ2n) is 9.17. The highest BCUT2D eigenvalue weighted by Gasteiger charge is 2.14. The van der Waals surface area contributed by atoms with Gasteiger partial charge >= 0.3 is 0 Å². The molecule has 0 atom stereocenters. The molecule has 4 N–H and O–H groups in total. The number of amides is 2. The van der Waals surface area contributed by atoms with Gasteiger partial charge in [-0.3, -0.25) is 20.2 Å². The highest BCUT2D eigenvalue weighted by molar-refractivity contribution is 7.14. The van der Waals surface area contributed by atoms with Crippen LogP contribution in [-0.4, -0.2) is 32.0 Å². The zero-order chi connectivity index (χ0) is 29.8. The van der Waals surface area contributed by atoms with E-state index in [0.29, 0.717) is 55.4 Å². The molecule has 11 heteroatoms. The van der Waals surface area contributed by atoms with Crippen molar-refractivity contribution >= 4 is 44.8 Å². The van der Waals surface area contributed by atoms with Gasteiger partial charge in [-0.15, -0.1) is 22.7 Å². The van der Waals surface area contributed by atoms with Gasteiger partial charge in [-0.05, 0) is 72.8 Å². The molecule has 0 saturated carbocycles. The second-order valence-corrected chi connectivity index (χ2v) is 10.9. The molecule has 4 aromatic carbocycles. The van der Waals surface area contributed by atoms with E-state index in [1.165, 1.54) is 22.7 Å². The van der Waals surface area contributed by atoms with Gasteiger partial charge in [-0.25, -0.2) is 9.97 Å². The van der Waals surface area contributed by atoms with Crippen LogP contribution >= 0.6 is 22.7 Å². The Kier molecular flexibility index (Phi) is 7.81. The number of rotatable bonds is 8. The molecule has 0 aliphatic heterocycles. The van der Waals surface area contributed by atoms with E-state index in [0.717, 1.165) is 0 Å². The zero-order valence-corrected chi connectivity index (χ0v) is 23.9. The lowest BCUT2D eigenvalue weighted by atomic mass is 10.1. The summed E-state index contributed by atoms with van der Waals surface area (Å²) in [4.78, 5) is 34.3. The normalized spacial score (nSPS) is 10.7. The lowest BCUT2D eigenvalue weighted by Crippen LogP contribution is -2.11. The Labute approximate surface area is 253 Å². The van der Waals surface area contributed by atoms with Crippen LogP contribution in [0.5, 0.6) is 23.0 Å². The van der Waals surface area contributed by atoms with Gasteiger partial charge in [0.05, 0.1) is 11.4 Å². The van der Waals surface area contributed by atoms with Crippen LogP contribution in [0.3, 0.4) is 0 Å². The van der Waals surface area contributed by atoms with E-state index in [-0.39, 0.29) is 23.3 Å². The van der Waals surface area contributed by atoms with Crippen LogP contribution in [0.1, 0.15) is 20.7 Å². The van der Waals surface area contributed by atoms with Crippen molar-refractivity contribution in [3.05, 3.63) is 119 Å². The molecule has 43 heavy (non-hydrogen) atoms. The smallest absolute Gasteiger partial charge is 0.257 e. The third kappa shape index (κ3) is 6.38. The number of para-hydroxylation sites is 2. The number of benzene rings is 4. The van der Waals surface area contributed by atoms with Crippen molar-refractivity contribution in [1.29, 1.82) is 0 Å². The number of hydrogen-bond donors (Lipinski definition) is 4. The molecule has 0 spiro atoms. The lowest BCUT2D eigenvalue weighted by molar-refractivity contribution is 0.101. The highest BCUT2D eigenvalue weighted by Crippen LogP contribution is 2.33. The average Bonchev–Trinajstić information content (AvgIpc) is 3.68. The number of phenolic OH excluding ortho intramolecular Hbond substituents is 2. The number of carbonyl (C=O) groups is 2. The van der Waals surface area contributed by atoms with Gasteiger partial charge in [-0.2, -0.15) is 0 Å². The third-order valence-electron chi connectivity index (χ3n) is 6.28. The molecule has 0 fully saturated rings. The highest BCUT2D eigenvalue weighted by atomic mass is 32.1. The summed E-state index contributed by atoms with van der Waals surface area (Å²) < 4.78 is 5.88. The van der Waals surface area contributed by atoms with Gasteiger partial charge in [0.25, 0.3) is 11.8 Å². The molecule has 9 nitrogen and oxygen atoms in total. The standard InChI is InChI=1S/C32H22N4O5S2/c37-27-7-3-1-5-23(27)25-17-42-31(33-25)35-29(39)19-9-13-21(14-10-19)41-22-15-11-20(12-16-22)30(40)36-32-34-26(18-43-32)24-6-2-4-8-28(24)38/h1-18,37-38H,(H,33,35,39)(H,34,36,40). The second kappa shape index (κ2) is 12.1. The van der Waals surface area contributed by atoms with Crippen LogP contribution in [0.2, 0.25) is 0 Å². The van der Waals surface area contributed by atoms with Gasteiger partial charge < -0.3 is 14.9 Å². The predicted molar refractivity (Wildman–Crippen MR) is 167 cm³/mol. The number of hydrogen-bond acceptors (Lipinski definition) is 9. The van der Waals surface area contributed by atoms with Crippen molar-refractivity contribution in [2.45, 2.75) is 0 Å². The Bertz CT molecular complexity index is 1780.